The van der Waals surface area contributed by atoms with Gasteiger partial charge in [-0.15, -0.1) is 32.9 Å². The van der Waals surface area contributed by atoms with E-state index in [4.69, 9.17) is 4.74 Å². The van der Waals surface area contributed by atoms with Gasteiger partial charge in [0.2, 0.25) is 5.91 Å². The maximum atomic E-state index is 13.7. The Labute approximate surface area is 248 Å². The Hall–Kier alpha value is -3.55. The summed E-state index contributed by atoms with van der Waals surface area (Å²) in [4.78, 5) is 40.1. The van der Waals surface area contributed by atoms with Crippen LogP contribution in [-0.2, 0) is 28.9 Å². The Balaban J connectivity index is 1.33. The summed E-state index contributed by atoms with van der Waals surface area (Å²) < 4.78 is 20.7. The molecule has 214 valence electrons. The van der Waals surface area contributed by atoms with E-state index < -0.39 is 11.8 Å². The zero-order chi connectivity index (χ0) is 28.8. The first-order chi connectivity index (χ1) is 19.9. The standard InChI is InChI=1S/C28H28FN5O4S3/c1-2-38-27(37)24-19-7-4-3-5-8-20(19)41-26(24)31-23(35)16-40-28-33-32-22(15-30-25(36)21-9-6-14-39-21)34(28)18-12-10-17(29)11-13-18/h6,9-14H,2-5,7-8,15-16H2,1H3,(H,30,36)(H,31,35). The van der Waals surface area contributed by atoms with Gasteiger partial charge in [-0.05, 0) is 73.9 Å². The van der Waals surface area contributed by atoms with E-state index in [-0.39, 0.29) is 30.7 Å². The summed E-state index contributed by atoms with van der Waals surface area (Å²) >= 11 is 3.92. The lowest BCUT2D eigenvalue weighted by Crippen LogP contribution is -2.24. The molecule has 3 aromatic heterocycles. The molecule has 3 heterocycles. The predicted molar refractivity (Wildman–Crippen MR) is 158 cm³/mol. The number of aryl methyl sites for hydroxylation is 1. The number of esters is 1. The number of benzene rings is 1. The third-order valence-corrected chi connectivity index (χ3v) is 9.43. The third-order valence-electron chi connectivity index (χ3n) is 6.42. The molecule has 41 heavy (non-hydrogen) atoms. The largest absolute Gasteiger partial charge is 0.462 e. The maximum absolute atomic E-state index is 13.7. The molecule has 0 unspecified atom stereocenters. The van der Waals surface area contributed by atoms with Crippen LogP contribution in [0.1, 0.15) is 62.5 Å². The number of thiophene rings is 2. The monoisotopic (exact) mass is 613 g/mol. The fourth-order valence-corrected chi connectivity index (χ4v) is 7.26. The third kappa shape index (κ3) is 6.85. The van der Waals surface area contributed by atoms with Gasteiger partial charge in [-0.3, -0.25) is 14.2 Å². The van der Waals surface area contributed by atoms with E-state index in [0.717, 1.165) is 54.3 Å². The van der Waals surface area contributed by atoms with E-state index in [1.807, 2.05) is 5.38 Å². The van der Waals surface area contributed by atoms with Gasteiger partial charge in [0.05, 0.1) is 29.3 Å². The number of aromatic nitrogens is 3. The minimum Gasteiger partial charge on any atom is -0.462 e. The number of rotatable bonds is 10. The molecule has 13 heteroatoms. The lowest BCUT2D eigenvalue weighted by Gasteiger charge is -2.11. The van der Waals surface area contributed by atoms with Gasteiger partial charge in [-0.2, -0.15) is 0 Å². The molecule has 9 nitrogen and oxygen atoms in total. The Morgan fingerprint density at radius 1 is 1.10 bits per heavy atom. The zero-order valence-corrected chi connectivity index (χ0v) is 24.7. The molecule has 1 aromatic carbocycles. The smallest absolute Gasteiger partial charge is 0.341 e. The van der Waals surface area contributed by atoms with Crippen molar-refractivity contribution in [3.63, 3.8) is 0 Å². The van der Waals surface area contributed by atoms with Gasteiger partial charge >= 0.3 is 5.97 Å². The number of hydrogen-bond acceptors (Lipinski definition) is 9. The van der Waals surface area contributed by atoms with Crippen molar-refractivity contribution in [3.05, 3.63) is 74.3 Å². The molecule has 5 rings (SSSR count). The molecule has 2 amide bonds. The summed E-state index contributed by atoms with van der Waals surface area (Å²) in [6, 6.07) is 9.33. The fourth-order valence-electron chi connectivity index (χ4n) is 4.55. The maximum Gasteiger partial charge on any atom is 0.341 e. The molecule has 0 saturated heterocycles. The van der Waals surface area contributed by atoms with Crippen LogP contribution in [0.5, 0.6) is 0 Å². The van der Waals surface area contributed by atoms with Crippen LogP contribution in [0.25, 0.3) is 5.69 Å². The van der Waals surface area contributed by atoms with Crippen molar-refractivity contribution in [2.75, 3.05) is 17.7 Å². The fraction of sp³-hybridized carbons (Fsp3) is 0.321. The lowest BCUT2D eigenvalue weighted by atomic mass is 10.1. The molecule has 0 fully saturated rings. The molecule has 4 aromatic rings. The molecule has 0 atom stereocenters. The summed E-state index contributed by atoms with van der Waals surface area (Å²) in [6.45, 7) is 2.09. The summed E-state index contributed by atoms with van der Waals surface area (Å²) in [6.07, 6.45) is 4.82. The highest BCUT2D eigenvalue weighted by atomic mass is 32.2. The number of hydrogen-bond donors (Lipinski definition) is 2. The minimum absolute atomic E-state index is 0.00822. The molecule has 0 aliphatic heterocycles. The highest BCUT2D eigenvalue weighted by Crippen LogP contribution is 2.38. The normalized spacial score (nSPS) is 12.8. The Bertz CT molecular complexity index is 1530. The second kappa shape index (κ2) is 13.4. The van der Waals surface area contributed by atoms with E-state index in [2.05, 4.69) is 20.8 Å². The van der Waals surface area contributed by atoms with Crippen LogP contribution in [0.3, 0.4) is 0 Å². The summed E-state index contributed by atoms with van der Waals surface area (Å²) in [7, 11) is 0. The number of thioether (sulfide) groups is 1. The molecular formula is C28H28FN5O4S3. The Morgan fingerprint density at radius 2 is 1.90 bits per heavy atom. The SMILES string of the molecule is CCOC(=O)c1c(NC(=O)CSc2nnc(CNC(=O)c3cccs3)n2-c2ccc(F)cc2)sc2c1CCCCC2. The van der Waals surface area contributed by atoms with Gasteiger partial charge in [0.1, 0.15) is 10.8 Å². The number of fused-ring (bicyclic) bond motifs is 1. The molecular weight excluding hydrogens is 586 g/mol. The zero-order valence-electron chi connectivity index (χ0n) is 22.3. The van der Waals surface area contributed by atoms with Crippen molar-refractivity contribution in [2.24, 2.45) is 0 Å². The second-order valence-electron chi connectivity index (χ2n) is 9.20. The average molecular weight is 614 g/mol. The van der Waals surface area contributed by atoms with Crippen molar-refractivity contribution < 1.29 is 23.5 Å². The highest BCUT2D eigenvalue weighted by Gasteiger charge is 2.27. The Kier molecular flexibility index (Phi) is 9.47. The van der Waals surface area contributed by atoms with Crippen LogP contribution in [-0.4, -0.2) is 44.9 Å². The van der Waals surface area contributed by atoms with Gasteiger partial charge in [0.25, 0.3) is 5.91 Å². The molecule has 0 bridgehead atoms. The Morgan fingerprint density at radius 3 is 2.66 bits per heavy atom. The highest BCUT2D eigenvalue weighted by molar-refractivity contribution is 7.99. The molecule has 0 radical (unpaired) electrons. The lowest BCUT2D eigenvalue weighted by molar-refractivity contribution is -0.113. The van der Waals surface area contributed by atoms with Gasteiger partial charge in [-0.1, -0.05) is 24.2 Å². The van der Waals surface area contributed by atoms with Crippen LogP contribution in [0, 0.1) is 5.82 Å². The van der Waals surface area contributed by atoms with E-state index in [1.54, 1.807) is 35.8 Å². The number of nitrogens with one attached hydrogen (secondary N) is 2. The van der Waals surface area contributed by atoms with Crippen LogP contribution in [0.4, 0.5) is 9.39 Å². The van der Waals surface area contributed by atoms with E-state index in [9.17, 15) is 18.8 Å². The van der Waals surface area contributed by atoms with E-state index in [0.29, 0.717) is 32.1 Å². The number of amides is 2. The molecule has 1 aliphatic rings. The van der Waals surface area contributed by atoms with Crippen LogP contribution < -0.4 is 10.6 Å². The topological polar surface area (TPSA) is 115 Å². The second-order valence-corrected chi connectivity index (χ2v) is 12.2. The van der Waals surface area contributed by atoms with E-state index >= 15 is 0 Å². The van der Waals surface area contributed by atoms with E-state index in [1.165, 1.54) is 34.8 Å². The van der Waals surface area contributed by atoms with Crippen molar-refractivity contribution >= 4 is 57.2 Å². The van der Waals surface area contributed by atoms with Crippen molar-refractivity contribution in [1.82, 2.24) is 20.1 Å². The van der Waals surface area contributed by atoms with Crippen molar-refractivity contribution in [2.45, 2.75) is 50.7 Å². The summed E-state index contributed by atoms with van der Waals surface area (Å²) in [5.41, 5.74) is 2.04. The number of carbonyl (C=O) groups excluding carboxylic acids is 3. The van der Waals surface area contributed by atoms with Crippen LogP contribution >= 0.6 is 34.4 Å². The average Bonchev–Trinajstić information content (AvgIpc) is 3.68. The minimum atomic E-state index is -0.417. The number of ether oxygens (including phenoxy) is 1. The van der Waals surface area contributed by atoms with Gasteiger partial charge in [0, 0.05) is 10.6 Å². The first kappa shape index (κ1) is 29.0. The predicted octanol–water partition coefficient (Wildman–Crippen LogP) is 5.64. The van der Waals surface area contributed by atoms with Crippen LogP contribution in [0.2, 0.25) is 0 Å². The molecule has 0 saturated carbocycles. The number of carbonyl (C=O) groups is 3. The number of anilines is 1. The number of nitrogens with zero attached hydrogens (tertiary/aromatic N) is 3. The number of halogens is 1. The summed E-state index contributed by atoms with van der Waals surface area (Å²) in [5.74, 6) is -0.941. The van der Waals surface area contributed by atoms with Gasteiger partial charge < -0.3 is 15.4 Å². The molecule has 2 N–H and O–H groups in total. The molecule has 1 aliphatic carbocycles. The van der Waals surface area contributed by atoms with Crippen LogP contribution in [0.15, 0.2) is 46.9 Å². The van der Waals surface area contributed by atoms with Crippen molar-refractivity contribution in [1.29, 1.82) is 0 Å². The quantitative estimate of drug-likeness (QED) is 0.135. The van der Waals surface area contributed by atoms with Crippen molar-refractivity contribution in [3.8, 4) is 5.69 Å². The van der Waals surface area contributed by atoms with Gasteiger partial charge in [0.15, 0.2) is 11.0 Å². The first-order valence-electron chi connectivity index (χ1n) is 13.2. The summed E-state index contributed by atoms with van der Waals surface area (Å²) in [5, 5.41) is 17.0. The van der Waals surface area contributed by atoms with Gasteiger partial charge in [-0.25, -0.2) is 9.18 Å². The molecule has 0 spiro atoms. The first-order valence-corrected chi connectivity index (χ1v) is 15.9.